The molecule has 94 valence electrons. The maximum atomic E-state index is 6.04. The van der Waals surface area contributed by atoms with Gasteiger partial charge in [0.1, 0.15) is 0 Å². The minimum absolute atomic E-state index is 0.761. The Labute approximate surface area is 106 Å². The summed E-state index contributed by atoms with van der Waals surface area (Å²) in [6, 6.07) is 8.10. The van der Waals surface area contributed by atoms with Gasteiger partial charge in [-0.2, -0.15) is 0 Å². The fourth-order valence-corrected chi connectivity index (χ4v) is 2.57. The molecule has 2 aromatic rings. The molecule has 1 aliphatic rings. The topological polar surface area (TPSA) is 55.3 Å². The van der Waals surface area contributed by atoms with Crippen molar-refractivity contribution in [3.63, 3.8) is 0 Å². The van der Waals surface area contributed by atoms with Crippen molar-refractivity contribution in [1.29, 1.82) is 0 Å². The quantitative estimate of drug-likeness (QED) is 0.823. The zero-order valence-electron chi connectivity index (χ0n) is 10.5. The van der Waals surface area contributed by atoms with E-state index in [2.05, 4.69) is 16.1 Å². The molecule has 0 unspecified atom stereocenters. The molecule has 1 aliphatic heterocycles. The highest BCUT2D eigenvalue weighted by molar-refractivity contribution is 5.66. The van der Waals surface area contributed by atoms with Gasteiger partial charge in [-0.1, -0.05) is 11.2 Å². The average molecular weight is 243 g/mol. The molecule has 0 fully saturated rings. The summed E-state index contributed by atoms with van der Waals surface area (Å²) >= 11 is 0. The van der Waals surface area contributed by atoms with E-state index in [9.17, 15) is 0 Å². The fourth-order valence-electron chi connectivity index (χ4n) is 2.57. The lowest BCUT2D eigenvalue weighted by Crippen LogP contribution is -2.29. The minimum Gasteiger partial charge on any atom is -0.398 e. The van der Waals surface area contributed by atoms with Gasteiger partial charge in [-0.15, -0.1) is 0 Å². The third-order valence-electron chi connectivity index (χ3n) is 3.41. The van der Waals surface area contributed by atoms with Crippen molar-refractivity contribution in [1.82, 2.24) is 5.16 Å². The Morgan fingerprint density at radius 2 is 2.33 bits per heavy atom. The zero-order valence-corrected chi connectivity index (χ0v) is 10.5. The summed E-state index contributed by atoms with van der Waals surface area (Å²) in [7, 11) is 0. The average Bonchev–Trinajstić information content (AvgIpc) is 2.76. The molecule has 18 heavy (non-hydrogen) atoms. The number of nitrogen functional groups attached to an aromatic ring is 1. The Balaban J connectivity index is 1.89. The molecule has 0 atom stereocenters. The summed E-state index contributed by atoms with van der Waals surface area (Å²) in [5.74, 6) is 0.905. The van der Waals surface area contributed by atoms with Crippen LogP contribution in [0, 0.1) is 6.92 Å². The fraction of sp³-hybridized carbons (Fsp3) is 0.357. The van der Waals surface area contributed by atoms with Crippen LogP contribution in [0.15, 0.2) is 28.8 Å². The molecular weight excluding hydrogens is 226 g/mol. The number of hydrogen-bond donors (Lipinski definition) is 1. The Hall–Kier alpha value is -1.97. The first kappa shape index (κ1) is 11.1. The van der Waals surface area contributed by atoms with Crippen molar-refractivity contribution in [3.8, 4) is 0 Å². The monoisotopic (exact) mass is 243 g/mol. The van der Waals surface area contributed by atoms with Crippen molar-refractivity contribution in [2.75, 3.05) is 17.2 Å². The van der Waals surface area contributed by atoms with E-state index in [4.69, 9.17) is 10.3 Å². The molecule has 0 radical (unpaired) electrons. The van der Waals surface area contributed by atoms with Crippen molar-refractivity contribution >= 4 is 11.4 Å². The van der Waals surface area contributed by atoms with Gasteiger partial charge >= 0.3 is 0 Å². The summed E-state index contributed by atoms with van der Waals surface area (Å²) in [6.07, 6.45) is 2.20. The number of anilines is 2. The van der Waals surface area contributed by atoms with Crippen LogP contribution in [0.2, 0.25) is 0 Å². The first-order chi connectivity index (χ1) is 8.74. The molecule has 2 heterocycles. The lowest BCUT2D eigenvalue weighted by molar-refractivity contribution is 0.376. The van der Waals surface area contributed by atoms with Gasteiger partial charge in [0, 0.05) is 24.0 Å². The summed E-state index contributed by atoms with van der Waals surface area (Å²) < 4.78 is 5.29. The van der Waals surface area contributed by atoms with E-state index in [1.807, 2.05) is 25.1 Å². The Morgan fingerprint density at radius 3 is 3.11 bits per heavy atom. The number of rotatable bonds is 2. The molecule has 1 aromatic heterocycles. The van der Waals surface area contributed by atoms with Crippen LogP contribution in [-0.4, -0.2) is 11.7 Å². The molecule has 4 heteroatoms. The standard InChI is InChI=1S/C14H17N3O/c1-10-8-11(18-16-10)9-17-7-3-4-12-13(15)5-2-6-14(12)17/h2,5-6,8H,3-4,7,9,15H2,1H3. The van der Waals surface area contributed by atoms with Crippen molar-refractivity contribution in [2.45, 2.75) is 26.3 Å². The van der Waals surface area contributed by atoms with E-state index in [-0.39, 0.29) is 0 Å². The first-order valence-electron chi connectivity index (χ1n) is 6.28. The second kappa shape index (κ2) is 4.37. The summed E-state index contributed by atoms with van der Waals surface area (Å²) in [4.78, 5) is 2.31. The molecule has 0 amide bonds. The summed E-state index contributed by atoms with van der Waals surface area (Å²) in [5.41, 5.74) is 10.4. The van der Waals surface area contributed by atoms with E-state index < -0.39 is 0 Å². The van der Waals surface area contributed by atoms with E-state index in [0.717, 1.165) is 43.1 Å². The van der Waals surface area contributed by atoms with Gasteiger partial charge in [-0.05, 0) is 37.5 Å². The second-order valence-corrected chi connectivity index (χ2v) is 4.80. The number of aromatic nitrogens is 1. The van der Waals surface area contributed by atoms with Crippen molar-refractivity contribution in [2.24, 2.45) is 0 Å². The molecule has 0 saturated heterocycles. The van der Waals surface area contributed by atoms with Crippen LogP contribution >= 0.6 is 0 Å². The van der Waals surface area contributed by atoms with Crippen molar-refractivity contribution < 1.29 is 4.52 Å². The second-order valence-electron chi connectivity index (χ2n) is 4.80. The molecular formula is C14H17N3O. The van der Waals surface area contributed by atoms with Crippen molar-refractivity contribution in [3.05, 3.63) is 41.3 Å². The Bertz CT molecular complexity index is 562. The number of nitrogens with two attached hydrogens (primary N) is 1. The van der Waals surface area contributed by atoms with Crippen LogP contribution in [0.3, 0.4) is 0 Å². The predicted molar refractivity (Wildman–Crippen MR) is 71.5 cm³/mol. The lowest BCUT2D eigenvalue weighted by atomic mass is 10.00. The number of nitrogens with zero attached hydrogens (tertiary/aromatic N) is 2. The molecule has 0 saturated carbocycles. The molecule has 0 bridgehead atoms. The molecule has 2 N–H and O–H groups in total. The van der Waals surface area contributed by atoms with Crippen LogP contribution in [0.25, 0.3) is 0 Å². The predicted octanol–water partition coefficient (Wildman–Crippen LogP) is 2.52. The third kappa shape index (κ3) is 1.94. The van der Waals surface area contributed by atoms with Gasteiger partial charge in [0.05, 0.1) is 12.2 Å². The highest BCUT2D eigenvalue weighted by atomic mass is 16.5. The van der Waals surface area contributed by atoms with E-state index >= 15 is 0 Å². The molecule has 0 spiro atoms. The number of fused-ring (bicyclic) bond motifs is 1. The number of hydrogen-bond acceptors (Lipinski definition) is 4. The van der Waals surface area contributed by atoms with Gasteiger partial charge in [0.2, 0.25) is 0 Å². The van der Waals surface area contributed by atoms with Crippen LogP contribution in [-0.2, 0) is 13.0 Å². The largest absolute Gasteiger partial charge is 0.398 e. The van der Waals surface area contributed by atoms with E-state index in [0.29, 0.717) is 0 Å². The van der Waals surface area contributed by atoms with Crippen LogP contribution in [0.5, 0.6) is 0 Å². The van der Waals surface area contributed by atoms with E-state index in [1.54, 1.807) is 0 Å². The molecule has 3 rings (SSSR count). The maximum absolute atomic E-state index is 6.04. The SMILES string of the molecule is Cc1cc(CN2CCCc3c(N)cccc32)on1. The summed E-state index contributed by atoms with van der Waals surface area (Å²) in [5, 5.41) is 3.93. The number of aryl methyl sites for hydroxylation is 1. The van der Waals surface area contributed by atoms with Gasteiger partial charge in [0.25, 0.3) is 0 Å². The zero-order chi connectivity index (χ0) is 12.5. The molecule has 0 aliphatic carbocycles. The Morgan fingerprint density at radius 1 is 1.44 bits per heavy atom. The van der Waals surface area contributed by atoms with Gasteiger partial charge in [0.15, 0.2) is 5.76 Å². The molecule has 1 aromatic carbocycles. The van der Waals surface area contributed by atoms with Crippen LogP contribution in [0.1, 0.15) is 23.4 Å². The smallest absolute Gasteiger partial charge is 0.156 e. The lowest BCUT2D eigenvalue weighted by Gasteiger charge is -2.31. The number of benzene rings is 1. The van der Waals surface area contributed by atoms with Gasteiger partial charge in [-0.25, -0.2) is 0 Å². The first-order valence-corrected chi connectivity index (χ1v) is 6.28. The third-order valence-corrected chi connectivity index (χ3v) is 3.41. The normalized spacial score (nSPS) is 14.6. The van der Waals surface area contributed by atoms with Gasteiger partial charge < -0.3 is 15.2 Å². The minimum atomic E-state index is 0.761. The van der Waals surface area contributed by atoms with Crippen LogP contribution < -0.4 is 10.6 Å². The highest BCUT2D eigenvalue weighted by Gasteiger charge is 2.19. The van der Waals surface area contributed by atoms with Gasteiger partial charge in [-0.3, -0.25) is 0 Å². The highest BCUT2D eigenvalue weighted by Crippen LogP contribution is 2.32. The van der Waals surface area contributed by atoms with Crippen LogP contribution in [0.4, 0.5) is 11.4 Å². The molecule has 4 nitrogen and oxygen atoms in total. The van der Waals surface area contributed by atoms with E-state index in [1.165, 1.54) is 11.3 Å². The Kier molecular flexibility index (Phi) is 2.70. The summed E-state index contributed by atoms with van der Waals surface area (Å²) in [6.45, 7) is 3.74. The maximum Gasteiger partial charge on any atom is 0.156 e.